The van der Waals surface area contributed by atoms with Gasteiger partial charge in [-0.25, -0.2) is 9.37 Å². The minimum Gasteiger partial charge on any atom is -0.368 e. The van der Waals surface area contributed by atoms with Crippen molar-refractivity contribution in [3.63, 3.8) is 0 Å². The molecular formula is C24H25FN4O2S. The zero-order chi connectivity index (χ0) is 22.9. The Hall–Kier alpha value is -3.39. The van der Waals surface area contributed by atoms with Crippen LogP contribution in [0.1, 0.15) is 33.7 Å². The van der Waals surface area contributed by atoms with Crippen LogP contribution in [0.5, 0.6) is 0 Å². The summed E-state index contributed by atoms with van der Waals surface area (Å²) in [5.41, 5.74) is 8.41. The van der Waals surface area contributed by atoms with Gasteiger partial charge in [0.25, 0.3) is 5.91 Å². The molecule has 3 aromatic rings. The first-order valence-electron chi connectivity index (χ1n) is 10.1. The average molecular weight is 453 g/mol. The molecule has 1 atom stereocenters. The average Bonchev–Trinajstić information content (AvgIpc) is 3.30. The van der Waals surface area contributed by atoms with Crippen LogP contribution in [0, 0.1) is 5.82 Å². The molecule has 0 saturated heterocycles. The van der Waals surface area contributed by atoms with Crippen LogP contribution in [-0.4, -0.2) is 39.8 Å². The number of thioether (sulfide) groups is 1. The highest BCUT2D eigenvalue weighted by molar-refractivity contribution is 7.98. The van der Waals surface area contributed by atoms with Crippen LogP contribution in [0.15, 0.2) is 60.9 Å². The summed E-state index contributed by atoms with van der Waals surface area (Å²) in [5.74, 6) is 0.257. The lowest BCUT2D eigenvalue weighted by molar-refractivity contribution is -0.119. The van der Waals surface area contributed by atoms with E-state index in [0.29, 0.717) is 24.2 Å². The topological polar surface area (TPSA) is 101 Å². The van der Waals surface area contributed by atoms with E-state index in [0.717, 1.165) is 22.5 Å². The van der Waals surface area contributed by atoms with Gasteiger partial charge >= 0.3 is 0 Å². The maximum absolute atomic E-state index is 13.4. The normalized spacial score (nSPS) is 12.4. The van der Waals surface area contributed by atoms with Gasteiger partial charge in [0.1, 0.15) is 17.7 Å². The zero-order valence-corrected chi connectivity index (χ0v) is 18.5. The van der Waals surface area contributed by atoms with E-state index < -0.39 is 11.9 Å². The first-order chi connectivity index (χ1) is 15.5. The molecule has 4 N–H and O–H groups in total. The SMILES string of the molecule is CSCC[C@H](NC(=O)c1cccc(C=C(Cc2ncc[nH]2)c2ccc(F)cc2)c1)C(N)=O. The van der Waals surface area contributed by atoms with E-state index in [-0.39, 0.29) is 11.7 Å². The van der Waals surface area contributed by atoms with E-state index in [9.17, 15) is 14.0 Å². The van der Waals surface area contributed by atoms with E-state index in [1.807, 2.05) is 18.4 Å². The van der Waals surface area contributed by atoms with E-state index in [4.69, 9.17) is 5.73 Å². The molecule has 2 amide bonds. The number of hydrogen-bond acceptors (Lipinski definition) is 4. The number of nitrogens with zero attached hydrogens (tertiary/aromatic N) is 1. The molecule has 8 heteroatoms. The maximum Gasteiger partial charge on any atom is 0.251 e. The molecule has 1 heterocycles. The molecule has 6 nitrogen and oxygen atoms in total. The second-order valence-corrected chi connectivity index (χ2v) is 8.21. The number of hydrogen-bond donors (Lipinski definition) is 3. The van der Waals surface area contributed by atoms with Gasteiger partial charge < -0.3 is 16.0 Å². The molecule has 0 spiro atoms. The number of aromatic nitrogens is 2. The van der Waals surface area contributed by atoms with Crippen molar-refractivity contribution in [2.45, 2.75) is 18.9 Å². The Labute approximate surface area is 190 Å². The third-order valence-corrected chi connectivity index (χ3v) is 5.52. The second-order valence-electron chi connectivity index (χ2n) is 7.22. The number of aromatic amines is 1. The predicted octanol–water partition coefficient (Wildman–Crippen LogP) is 3.67. The molecule has 0 saturated carbocycles. The zero-order valence-electron chi connectivity index (χ0n) is 17.7. The molecule has 166 valence electrons. The highest BCUT2D eigenvalue weighted by atomic mass is 32.2. The van der Waals surface area contributed by atoms with Gasteiger partial charge in [-0.3, -0.25) is 9.59 Å². The van der Waals surface area contributed by atoms with Crippen molar-refractivity contribution in [2.24, 2.45) is 5.73 Å². The molecule has 0 aliphatic heterocycles. The molecule has 0 fully saturated rings. The van der Waals surface area contributed by atoms with Crippen LogP contribution in [0.3, 0.4) is 0 Å². The molecule has 2 aromatic carbocycles. The van der Waals surface area contributed by atoms with E-state index in [1.54, 1.807) is 54.5 Å². The number of halogens is 1. The lowest BCUT2D eigenvalue weighted by atomic mass is 9.98. The Kier molecular flexibility index (Phi) is 8.21. The van der Waals surface area contributed by atoms with E-state index >= 15 is 0 Å². The minimum absolute atomic E-state index is 0.310. The number of nitrogens with one attached hydrogen (secondary N) is 2. The molecule has 32 heavy (non-hydrogen) atoms. The van der Waals surface area contributed by atoms with Gasteiger partial charge in [0.15, 0.2) is 0 Å². The summed E-state index contributed by atoms with van der Waals surface area (Å²) in [6.45, 7) is 0. The van der Waals surface area contributed by atoms with Gasteiger partial charge in [0.05, 0.1) is 0 Å². The molecular weight excluding hydrogens is 427 g/mol. The van der Waals surface area contributed by atoms with Gasteiger partial charge in [0.2, 0.25) is 5.91 Å². The number of primary amides is 1. The first-order valence-corrected chi connectivity index (χ1v) is 11.5. The lowest BCUT2D eigenvalue weighted by Crippen LogP contribution is -2.44. The third kappa shape index (κ3) is 6.55. The quantitative estimate of drug-likeness (QED) is 0.409. The Morgan fingerprint density at radius 3 is 2.66 bits per heavy atom. The highest BCUT2D eigenvalue weighted by Crippen LogP contribution is 2.23. The smallest absolute Gasteiger partial charge is 0.251 e. The van der Waals surface area contributed by atoms with Gasteiger partial charge in [-0.15, -0.1) is 0 Å². The number of benzene rings is 2. The van der Waals surface area contributed by atoms with Crippen molar-refractivity contribution in [1.82, 2.24) is 15.3 Å². The molecule has 0 aliphatic rings. The van der Waals surface area contributed by atoms with Gasteiger partial charge in [-0.05, 0) is 59.4 Å². The number of nitrogens with two attached hydrogens (primary N) is 1. The summed E-state index contributed by atoms with van der Waals surface area (Å²) in [4.78, 5) is 31.7. The standard InChI is InChI=1S/C24H25FN4O2S/c1-32-12-9-21(23(26)30)29-24(31)18-4-2-3-16(13-18)14-19(15-22-27-10-11-28-22)17-5-7-20(25)8-6-17/h2-8,10-11,13-14,21H,9,12,15H2,1H3,(H2,26,30)(H,27,28)(H,29,31)/t21-/m0/s1. The molecule has 0 radical (unpaired) electrons. The summed E-state index contributed by atoms with van der Waals surface area (Å²) in [6.07, 6.45) is 8.26. The summed E-state index contributed by atoms with van der Waals surface area (Å²) in [7, 11) is 0. The van der Waals surface area contributed by atoms with Crippen molar-refractivity contribution < 1.29 is 14.0 Å². The van der Waals surface area contributed by atoms with Crippen molar-refractivity contribution in [2.75, 3.05) is 12.0 Å². The minimum atomic E-state index is -0.720. The molecule has 0 unspecified atom stereocenters. The summed E-state index contributed by atoms with van der Waals surface area (Å²) in [5, 5.41) is 2.72. The monoisotopic (exact) mass is 452 g/mol. The van der Waals surface area contributed by atoms with E-state index in [1.165, 1.54) is 12.1 Å². The van der Waals surface area contributed by atoms with Crippen molar-refractivity contribution in [3.8, 4) is 0 Å². The molecule has 0 bridgehead atoms. The van der Waals surface area contributed by atoms with Crippen molar-refractivity contribution >= 4 is 35.2 Å². The van der Waals surface area contributed by atoms with Crippen LogP contribution >= 0.6 is 11.8 Å². The largest absolute Gasteiger partial charge is 0.368 e. The van der Waals surface area contributed by atoms with Gasteiger partial charge in [-0.1, -0.05) is 30.3 Å². The number of imidazole rings is 1. The number of allylic oxidation sites excluding steroid dienone is 1. The summed E-state index contributed by atoms with van der Waals surface area (Å²) >= 11 is 1.58. The number of carbonyl (C=O) groups excluding carboxylic acids is 2. The van der Waals surface area contributed by atoms with Crippen LogP contribution in [0.25, 0.3) is 11.6 Å². The van der Waals surface area contributed by atoms with Crippen molar-refractivity contribution in [3.05, 3.63) is 89.3 Å². The highest BCUT2D eigenvalue weighted by Gasteiger charge is 2.18. The molecule has 3 rings (SSSR count). The molecule has 0 aliphatic carbocycles. The van der Waals surface area contributed by atoms with E-state index in [2.05, 4.69) is 15.3 Å². The summed E-state index contributed by atoms with van der Waals surface area (Å²) in [6, 6.07) is 12.6. The summed E-state index contributed by atoms with van der Waals surface area (Å²) < 4.78 is 13.4. The number of H-pyrrole nitrogens is 1. The number of amides is 2. The fourth-order valence-corrected chi connectivity index (χ4v) is 3.68. The number of rotatable bonds is 10. The Morgan fingerprint density at radius 2 is 2.00 bits per heavy atom. The fraction of sp³-hybridized carbons (Fsp3) is 0.208. The Morgan fingerprint density at radius 1 is 1.22 bits per heavy atom. The van der Waals surface area contributed by atoms with Crippen LogP contribution < -0.4 is 11.1 Å². The first kappa shape index (κ1) is 23.3. The van der Waals surface area contributed by atoms with Gasteiger partial charge in [-0.2, -0.15) is 11.8 Å². The van der Waals surface area contributed by atoms with Crippen LogP contribution in [0.4, 0.5) is 4.39 Å². The Balaban J connectivity index is 1.86. The molecule has 1 aromatic heterocycles. The van der Waals surface area contributed by atoms with Crippen LogP contribution in [0.2, 0.25) is 0 Å². The number of carbonyl (C=O) groups is 2. The fourth-order valence-electron chi connectivity index (χ4n) is 3.21. The third-order valence-electron chi connectivity index (χ3n) is 4.88. The predicted molar refractivity (Wildman–Crippen MR) is 126 cm³/mol. The van der Waals surface area contributed by atoms with Crippen molar-refractivity contribution in [1.29, 1.82) is 0 Å². The van der Waals surface area contributed by atoms with Crippen LogP contribution in [-0.2, 0) is 11.2 Å². The maximum atomic E-state index is 13.4. The lowest BCUT2D eigenvalue weighted by Gasteiger charge is -2.15. The van der Waals surface area contributed by atoms with Gasteiger partial charge in [0, 0.05) is 24.4 Å². The Bertz CT molecular complexity index is 1080. The second kappa shape index (κ2) is 11.3.